The van der Waals surface area contributed by atoms with Gasteiger partial charge in [-0.1, -0.05) is 32.4 Å². The number of aromatic amines is 1. The SMILES string of the molecule is Cn1nc2nc1-c1cc(ccc1F)Oc1c(F)cc3[nH]ccc3c1CCS(=O)(=O)CC(C)(C)CCCC2(C)c1cccc(C(=O)O)c1. The molecule has 3 heterocycles. The van der Waals surface area contributed by atoms with Gasteiger partial charge in [0.25, 0.3) is 0 Å². The number of nitrogens with zero attached hydrogens (tertiary/aromatic N) is 3. The highest BCUT2D eigenvalue weighted by Gasteiger charge is 2.36. The van der Waals surface area contributed by atoms with Gasteiger partial charge in [-0.2, -0.15) is 5.10 Å². The van der Waals surface area contributed by atoms with E-state index in [2.05, 4.69) is 4.98 Å². The van der Waals surface area contributed by atoms with E-state index >= 15 is 8.78 Å². The Kier molecular flexibility index (Phi) is 8.19. The van der Waals surface area contributed by atoms with Crippen molar-refractivity contribution in [3.05, 3.63) is 94.9 Å². The molecule has 0 saturated carbocycles. The molecule has 9 nitrogen and oxygen atoms in total. The molecule has 4 bridgehead atoms. The molecule has 1 aliphatic rings. The smallest absolute Gasteiger partial charge is 0.335 e. The fourth-order valence-electron chi connectivity index (χ4n) is 6.59. The molecule has 0 radical (unpaired) electrons. The van der Waals surface area contributed by atoms with E-state index in [4.69, 9.17) is 14.8 Å². The second-order valence-corrected chi connectivity index (χ2v) is 15.5. The molecule has 1 atom stereocenters. The Morgan fingerprint density at radius 3 is 2.60 bits per heavy atom. The van der Waals surface area contributed by atoms with Crippen molar-refractivity contribution in [1.82, 2.24) is 19.7 Å². The summed E-state index contributed by atoms with van der Waals surface area (Å²) in [7, 11) is -1.96. The number of halogens is 2. The molecule has 0 amide bonds. The number of carbonyl (C=O) groups is 1. The number of hydrogen-bond acceptors (Lipinski definition) is 6. The van der Waals surface area contributed by atoms with E-state index in [1.54, 1.807) is 31.4 Å². The third-order valence-electron chi connectivity index (χ3n) is 9.07. The lowest BCUT2D eigenvalue weighted by molar-refractivity contribution is 0.0696. The van der Waals surface area contributed by atoms with Crippen LogP contribution in [0.4, 0.5) is 8.78 Å². The van der Waals surface area contributed by atoms with Crippen LogP contribution in [-0.2, 0) is 28.7 Å². The summed E-state index contributed by atoms with van der Waals surface area (Å²) < 4.78 is 65.7. The first-order chi connectivity index (χ1) is 22.2. The van der Waals surface area contributed by atoms with Crippen molar-refractivity contribution in [1.29, 1.82) is 0 Å². The number of aromatic carboxylic acids is 1. The van der Waals surface area contributed by atoms with Gasteiger partial charge in [0.15, 0.2) is 33.1 Å². The first-order valence-electron chi connectivity index (χ1n) is 15.4. The quantitative estimate of drug-likeness (QED) is 0.205. The third kappa shape index (κ3) is 6.38. The van der Waals surface area contributed by atoms with Crippen LogP contribution in [0.1, 0.15) is 67.3 Å². The highest BCUT2D eigenvalue weighted by Crippen LogP contribution is 2.41. The van der Waals surface area contributed by atoms with Crippen LogP contribution in [0, 0.1) is 17.0 Å². The van der Waals surface area contributed by atoms with Crippen LogP contribution in [0.5, 0.6) is 11.5 Å². The van der Waals surface area contributed by atoms with Crippen LogP contribution < -0.4 is 4.74 Å². The molecule has 2 N–H and O–H groups in total. The van der Waals surface area contributed by atoms with Crippen molar-refractivity contribution >= 4 is 26.7 Å². The lowest BCUT2D eigenvalue weighted by atomic mass is 9.75. The molecule has 1 aliphatic heterocycles. The molecule has 0 aliphatic carbocycles. The minimum absolute atomic E-state index is 0.0124. The van der Waals surface area contributed by atoms with Gasteiger partial charge in [-0.3, -0.25) is 0 Å². The van der Waals surface area contributed by atoms with Crippen LogP contribution in [0.25, 0.3) is 22.3 Å². The third-order valence-corrected chi connectivity index (χ3v) is 11.1. The molecular weight excluding hydrogens is 626 g/mol. The second-order valence-electron chi connectivity index (χ2n) is 13.3. The zero-order chi connectivity index (χ0) is 33.7. The Hall–Kier alpha value is -4.58. The van der Waals surface area contributed by atoms with Gasteiger partial charge in [0, 0.05) is 35.8 Å². The molecule has 0 fully saturated rings. The van der Waals surface area contributed by atoms with Gasteiger partial charge in [0.2, 0.25) is 0 Å². The average molecular weight is 663 g/mol. The van der Waals surface area contributed by atoms with Gasteiger partial charge in [-0.05, 0) is 73.6 Å². The summed E-state index contributed by atoms with van der Waals surface area (Å²) >= 11 is 0. The maximum atomic E-state index is 15.6. The molecule has 246 valence electrons. The van der Waals surface area contributed by atoms with Crippen molar-refractivity contribution in [2.75, 3.05) is 11.5 Å². The number of nitrogens with one attached hydrogen (secondary N) is 1. The number of sulfone groups is 1. The lowest BCUT2D eigenvalue weighted by Gasteiger charge is -2.30. The Morgan fingerprint density at radius 1 is 1.04 bits per heavy atom. The van der Waals surface area contributed by atoms with E-state index in [0.717, 1.165) is 0 Å². The molecule has 47 heavy (non-hydrogen) atoms. The van der Waals surface area contributed by atoms with E-state index < -0.39 is 38.3 Å². The molecular formula is C35H36F2N4O5S. The standard InChI is InChI=1S/C35H36F2N4O5S/c1-34(2)13-6-14-35(3,22-8-5-7-21(17-22)32(42)43)33-39-31(41(4)40-33)26-18-23(9-10-27(26)36)46-30-25(12-16-47(44,45)20-34)24-11-15-38-29(24)19-28(30)37/h5,7-11,15,17-19,38H,6,12-14,16,20H2,1-4H3,(H,42,43). The Morgan fingerprint density at radius 2 is 1.83 bits per heavy atom. The van der Waals surface area contributed by atoms with Gasteiger partial charge >= 0.3 is 5.97 Å². The van der Waals surface area contributed by atoms with Gasteiger partial charge in [0.1, 0.15) is 11.6 Å². The number of aromatic nitrogens is 4. The lowest BCUT2D eigenvalue weighted by Crippen LogP contribution is -2.29. The summed E-state index contributed by atoms with van der Waals surface area (Å²) in [5.41, 5.74) is 0.224. The fourth-order valence-corrected chi connectivity index (χ4v) is 8.58. The van der Waals surface area contributed by atoms with Crippen LogP contribution in [0.15, 0.2) is 60.8 Å². The topological polar surface area (TPSA) is 127 Å². The normalized spacial score (nSPS) is 19.7. The van der Waals surface area contributed by atoms with Gasteiger partial charge in [0.05, 0.1) is 28.0 Å². The molecule has 1 unspecified atom stereocenters. The summed E-state index contributed by atoms with van der Waals surface area (Å²) in [4.78, 5) is 19.7. The summed E-state index contributed by atoms with van der Waals surface area (Å²) in [6.07, 6.45) is 3.24. The maximum Gasteiger partial charge on any atom is 0.335 e. The molecule has 2 aromatic heterocycles. The summed E-state index contributed by atoms with van der Waals surface area (Å²) in [6.45, 7) is 5.71. The monoisotopic (exact) mass is 662 g/mol. The van der Waals surface area contributed by atoms with E-state index in [-0.39, 0.29) is 46.4 Å². The number of aryl methyl sites for hydroxylation is 2. The first-order valence-corrected chi connectivity index (χ1v) is 17.2. The van der Waals surface area contributed by atoms with Crippen molar-refractivity contribution < 1.29 is 31.8 Å². The number of ether oxygens (including phenoxy) is 1. The Bertz CT molecular complexity index is 2120. The van der Waals surface area contributed by atoms with Crippen LogP contribution in [0.3, 0.4) is 0 Å². The van der Waals surface area contributed by atoms with Crippen LogP contribution in [0.2, 0.25) is 0 Å². The number of H-pyrrole nitrogens is 1. The van der Waals surface area contributed by atoms with Crippen molar-refractivity contribution in [3.63, 3.8) is 0 Å². The van der Waals surface area contributed by atoms with Crippen LogP contribution >= 0.6 is 0 Å². The Balaban J connectivity index is 1.53. The number of carboxylic acids is 1. The zero-order valence-electron chi connectivity index (χ0n) is 26.6. The van der Waals surface area contributed by atoms with Gasteiger partial charge in [-0.15, -0.1) is 0 Å². The fraction of sp³-hybridized carbons (Fsp3) is 0.343. The van der Waals surface area contributed by atoms with Gasteiger partial charge in [-0.25, -0.2) is 31.7 Å². The zero-order valence-corrected chi connectivity index (χ0v) is 27.4. The number of benzene rings is 3. The number of hydrogen-bond donors (Lipinski definition) is 2. The van der Waals surface area contributed by atoms with Crippen molar-refractivity contribution in [2.45, 2.75) is 51.9 Å². The molecule has 12 heteroatoms. The average Bonchev–Trinajstić information content (AvgIpc) is 3.63. The molecule has 5 aromatic rings. The van der Waals surface area contributed by atoms with Gasteiger partial charge < -0.3 is 14.8 Å². The minimum atomic E-state index is -3.60. The number of fused-ring (bicyclic) bond motifs is 8. The maximum absolute atomic E-state index is 15.6. The highest BCUT2D eigenvalue weighted by molar-refractivity contribution is 7.91. The predicted molar refractivity (Wildman–Crippen MR) is 175 cm³/mol. The molecule has 3 aromatic carbocycles. The molecule has 0 spiro atoms. The van der Waals surface area contributed by atoms with Crippen molar-refractivity contribution in [3.8, 4) is 22.9 Å². The van der Waals surface area contributed by atoms with E-state index in [1.165, 1.54) is 35.0 Å². The predicted octanol–water partition coefficient (Wildman–Crippen LogP) is 7.21. The Labute approximate surface area is 271 Å². The van der Waals surface area contributed by atoms with E-state index in [1.807, 2.05) is 26.8 Å². The minimum Gasteiger partial charge on any atom is -0.478 e. The largest absolute Gasteiger partial charge is 0.478 e. The second kappa shape index (κ2) is 11.9. The number of carboxylic acid groups (broad SMARTS) is 1. The first kappa shape index (κ1) is 32.4. The highest BCUT2D eigenvalue weighted by atomic mass is 32.2. The van der Waals surface area contributed by atoms with Crippen molar-refractivity contribution in [2.24, 2.45) is 12.5 Å². The summed E-state index contributed by atoms with van der Waals surface area (Å²) in [5, 5.41) is 15.0. The van der Waals surface area contributed by atoms with E-state index in [0.29, 0.717) is 47.1 Å². The summed E-state index contributed by atoms with van der Waals surface area (Å²) in [5.74, 6) is -2.11. The number of rotatable bonds is 2. The van der Waals surface area contributed by atoms with E-state index in [9.17, 15) is 18.3 Å². The van der Waals surface area contributed by atoms with Crippen LogP contribution in [-0.4, -0.2) is 50.7 Å². The molecule has 0 saturated heterocycles. The summed E-state index contributed by atoms with van der Waals surface area (Å²) in [6, 6.07) is 13.6. The molecule has 6 rings (SSSR count).